The molecule has 0 aliphatic carbocycles. The van der Waals surface area contributed by atoms with Crippen molar-refractivity contribution in [3.63, 3.8) is 0 Å². The number of esters is 6. The summed E-state index contributed by atoms with van der Waals surface area (Å²) >= 11 is 0. The lowest BCUT2D eigenvalue weighted by Crippen LogP contribution is -2.36. The number of fused-ring (bicyclic) bond motifs is 1. The monoisotopic (exact) mass is 910 g/mol. The molecule has 0 saturated carbocycles. The molecular weight excluding hydrogens is 872 g/mol. The number of carbonyl (C=O) groups is 8. The highest BCUT2D eigenvalue weighted by Gasteiger charge is 2.51. The third kappa shape index (κ3) is 13.3. The van der Waals surface area contributed by atoms with Crippen LogP contribution < -0.4 is 18.9 Å². The van der Waals surface area contributed by atoms with Gasteiger partial charge in [-0.05, 0) is 97.1 Å². The molecule has 2 heterocycles. The summed E-state index contributed by atoms with van der Waals surface area (Å²) in [4.78, 5) is 97.1. The lowest BCUT2D eigenvalue weighted by atomic mass is 10.1. The average Bonchev–Trinajstić information content (AvgIpc) is 3.92. The molecule has 6 rings (SSSR count). The molecule has 2 fully saturated rings. The van der Waals surface area contributed by atoms with Crippen LogP contribution in [0.3, 0.4) is 0 Å². The minimum absolute atomic E-state index is 0.0258. The summed E-state index contributed by atoms with van der Waals surface area (Å²) < 4.78 is 62.7. The summed E-state index contributed by atoms with van der Waals surface area (Å²) in [6.07, 6.45) is -3.24. The van der Waals surface area contributed by atoms with Crippen LogP contribution in [0, 0.1) is 0 Å². The van der Waals surface area contributed by atoms with Crippen LogP contribution in [0.1, 0.15) is 41.4 Å². The van der Waals surface area contributed by atoms with Gasteiger partial charge in [0.1, 0.15) is 61.6 Å². The van der Waals surface area contributed by atoms with Gasteiger partial charge in [-0.25, -0.2) is 38.4 Å². The summed E-state index contributed by atoms with van der Waals surface area (Å²) in [5.74, 6) is -3.79. The quantitative estimate of drug-likeness (QED) is 0.0312. The highest BCUT2D eigenvalue weighted by atomic mass is 16.7. The van der Waals surface area contributed by atoms with Crippen molar-refractivity contribution in [2.75, 3.05) is 39.6 Å². The molecular formula is C46H38O20. The Morgan fingerprint density at radius 2 is 0.712 bits per heavy atom. The Labute approximate surface area is 374 Å². The second-order valence-electron chi connectivity index (χ2n) is 13.5. The van der Waals surface area contributed by atoms with Crippen LogP contribution in [-0.4, -0.2) is 112 Å². The van der Waals surface area contributed by atoms with E-state index in [1.165, 1.54) is 97.1 Å². The van der Waals surface area contributed by atoms with Gasteiger partial charge in [-0.15, -0.1) is 0 Å². The van der Waals surface area contributed by atoms with Crippen LogP contribution in [0.5, 0.6) is 23.0 Å². The molecule has 4 atom stereocenters. The second-order valence-corrected chi connectivity index (χ2v) is 13.5. The van der Waals surface area contributed by atoms with Gasteiger partial charge >= 0.3 is 48.1 Å². The highest BCUT2D eigenvalue weighted by molar-refractivity contribution is 5.93. The van der Waals surface area contributed by atoms with Crippen LogP contribution in [0.4, 0.5) is 9.59 Å². The lowest BCUT2D eigenvalue weighted by Gasteiger charge is -2.17. The molecule has 0 spiro atoms. The molecule has 2 aliphatic heterocycles. The minimum atomic E-state index is -1.05. The molecule has 0 bridgehead atoms. The minimum Gasteiger partial charge on any atom is -0.459 e. The van der Waals surface area contributed by atoms with Gasteiger partial charge in [0.15, 0.2) is 12.2 Å². The summed E-state index contributed by atoms with van der Waals surface area (Å²) in [5, 5.41) is 0. The summed E-state index contributed by atoms with van der Waals surface area (Å²) in [6, 6.07) is 22.0. The second kappa shape index (κ2) is 22.8. The molecule has 20 heteroatoms. The molecule has 66 heavy (non-hydrogen) atoms. The van der Waals surface area contributed by atoms with Crippen molar-refractivity contribution in [1.29, 1.82) is 0 Å². The third-order valence-electron chi connectivity index (χ3n) is 9.09. The molecule has 4 aromatic rings. The first-order valence-corrected chi connectivity index (χ1v) is 19.7. The van der Waals surface area contributed by atoms with E-state index in [1.54, 1.807) is 0 Å². The van der Waals surface area contributed by atoms with E-state index >= 15 is 0 Å². The number of hydrogen-bond donors (Lipinski definition) is 0. The maximum absolute atomic E-state index is 13.0. The number of hydrogen-bond acceptors (Lipinski definition) is 20. The van der Waals surface area contributed by atoms with Crippen LogP contribution in [0.15, 0.2) is 122 Å². The third-order valence-corrected chi connectivity index (χ3v) is 9.09. The zero-order valence-electron chi connectivity index (χ0n) is 34.5. The molecule has 2 aliphatic rings. The van der Waals surface area contributed by atoms with Gasteiger partial charge in [0.25, 0.3) is 0 Å². The highest BCUT2D eigenvalue weighted by Crippen LogP contribution is 2.32. The fourth-order valence-electron chi connectivity index (χ4n) is 5.91. The first kappa shape index (κ1) is 47.1. The van der Waals surface area contributed by atoms with Gasteiger partial charge in [-0.2, -0.15) is 0 Å². The standard InChI is InChI=1S/C46H38O20/c1-3-37(47)55-21-23-57-45(53)63-33-17-9-27(10-18-33)41(49)61-31-13-5-29(6-14-31)43(51)65-35-25-59-40-36(26-60-39(35)40)66-44(52)30-7-15-32(16-8-30)62-42(50)28-11-19-34(20-12-28)64-46(54)58-24-22-56-38(48)4-2/h3-20,35-36,39-40H,1-2,21-26H2/t35-,36-,39?,40?/m1/s1. The Morgan fingerprint density at radius 1 is 0.424 bits per heavy atom. The molecule has 4 aromatic carbocycles. The SMILES string of the molecule is C=CC(=O)OCCOC(=O)Oc1ccc(C(=O)Oc2ccc(C(=O)O[C@@H]3COC4C3OC[C@H]4OC(=O)c3ccc(OC(=O)c4ccc(OC(=O)OCCOC(=O)C=C)cc4)cc3)cc2)cc1. The van der Waals surface area contributed by atoms with Crippen molar-refractivity contribution in [2.24, 2.45) is 0 Å². The van der Waals surface area contributed by atoms with E-state index in [1.807, 2.05) is 0 Å². The van der Waals surface area contributed by atoms with E-state index in [4.69, 9.17) is 47.4 Å². The summed E-state index contributed by atoms with van der Waals surface area (Å²) in [6.45, 7) is 5.61. The van der Waals surface area contributed by atoms with Crippen molar-refractivity contribution in [2.45, 2.75) is 24.4 Å². The molecule has 0 aromatic heterocycles. The molecule has 0 amide bonds. The normalized spacial score (nSPS) is 16.8. The van der Waals surface area contributed by atoms with Crippen LogP contribution >= 0.6 is 0 Å². The van der Waals surface area contributed by atoms with Gasteiger partial charge < -0.3 is 56.8 Å². The fourth-order valence-corrected chi connectivity index (χ4v) is 5.91. The Balaban J connectivity index is 0.900. The largest absolute Gasteiger partial charge is 0.513 e. The number of rotatable bonds is 18. The van der Waals surface area contributed by atoms with Crippen molar-refractivity contribution in [3.05, 3.63) is 145 Å². The topological polar surface area (TPSA) is 247 Å². The Kier molecular flexibility index (Phi) is 16.3. The molecule has 0 radical (unpaired) electrons. The first-order chi connectivity index (χ1) is 31.9. The summed E-state index contributed by atoms with van der Waals surface area (Å²) in [7, 11) is 0. The van der Waals surface area contributed by atoms with Gasteiger partial charge in [0, 0.05) is 12.2 Å². The Bertz CT molecular complexity index is 2250. The van der Waals surface area contributed by atoms with Gasteiger partial charge in [-0.3, -0.25) is 0 Å². The number of ether oxygens (including phenoxy) is 12. The average molecular weight is 911 g/mol. The van der Waals surface area contributed by atoms with E-state index < -0.39 is 72.5 Å². The molecule has 342 valence electrons. The Morgan fingerprint density at radius 3 is 1.03 bits per heavy atom. The Hall–Kier alpha value is -8.36. The van der Waals surface area contributed by atoms with Crippen molar-refractivity contribution >= 4 is 48.1 Å². The predicted molar refractivity (Wildman–Crippen MR) is 220 cm³/mol. The number of carbonyl (C=O) groups excluding carboxylic acids is 8. The molecule has 2 unspecified atom stereocenters. The van der Waals surface area contributed by atoms with E-state index in [9.17, 15) is 38.4 Å². The summed E-state index contributed by atoms with van der Waals surface area (Å²) in [5.41, 5.74) is 0.551. The van der Waals surface area contributed by atoms with E-state index in [0.29, 0.717) is 0 Å². The van der Waals surface area contributed by atoms with Crippen LogP contribution in [-0.2, 0) is 47.5 Å². The molecule has 20 nitrogen and oxygen atoms in total. The zero-order valence-corrected chi connectivity index (χ0v) is 34.5. The first-order valence-electron chi connectivity index (χ1n) is 19.7. The van der Waals surface area contributed by atoms with Gasteiger partial charge in [-0.1, -0.05) is 13.2 Å². The van der Waals surface area contributed by atoms with E-state index in [-0.39, 0.29) is 84.9 Å². The fraction of sp³-hybridized carbons (Fsp3) is 0.217. The molecule has 2 saturated heterocycles. The molecule has 0 N–H and O–H groups in total. The predicted octanol–water partition coefficient (Wildman–Crippen LogP) is 5.16. The van der Waals surface area contributed by atoms with Crippen LogP contribution in [0.25, 0.3) is 0 Å². The maximum atomic E-state index is 13.0. The lowest BCUT2D eigenvalue weighted by molar-refractivity contribution is -0.139. The van der Waals surface area contributed by atoms with Crippen molar-refractivity contribution in [3.8, 4) is 23.0 Å². The van der Waals surface area contributed by atoms with Crippen molar-refractivity contribution in [1.82, 2.24) is 0 Å². The van der Waals surface area contributed by atoms with Gasteiger partial charge in [0.2, 0.25) is 0 Å². The van der Waals surface area contributed by atoms with E-state index in [0.717, 1.165) is 12.2 Å². The zero-order chi connectivity index (χ0) is 47.0. The number of benzene rings is 4. The van der Waals surface area contributed by atoms with Crippen LogP contribution in [0.2, 0.25) is 0 Å². The van der Waals surface area contributed by atoms with E-state index in [2.05, 4.69) is 22.6 Å². The smallest absolute Gasteiger partial charge is 0.459 e. The van der Waals surface area contributed by atoms with Crippen molar-refractivity contribution < 1.29 is 95.2 Å². The van der Waals surface area contributed by atoms with Gasteiger partial charge in [0.05, 0.1) is 35.5 Å². The maximum Gasteiger partial charge on any atom is 0.513 e.